The molecule has 8 heteroatoms. The molecule has 0 saturated heterocycles. The molecular weight excluding hydrogens is 318 g/mol. The van der Waals surface area contributed by atoms with Gasteiger partial charge in [-0.25, -0.2) is 0 Å². The molecule has 0 aromatic heterocycles. The van der Waals surface area contributed by atoms with Gasteiger partial charge in [-0.3, -0.25) is 19.9 Å². The summed E-state index contributed by atoms with van der Waals surface area (Å²) >= 11 is 1.41. The van der Waals surface area contributed by atoms with Crippen LogP contribution in [0.2, 0.25) is 0 Å². The summed E-state index contributed by atoms with van der Waals surface area (Å²) in [5.41, 5.74) is 0.457. The van der Waals surface area contributed by atoms with Gasteiger partial charge in [0.15, 0.2) is 16.7 Å². The molecule has 0 unspecified atom stereocenters. The van der Waals surface area contributed by atoms with Crippen molar-refractivity contribution in [3.05, 3.63) is 18.2 Å². The zero-order valence-corrected chi connectivity index (χ0v) is 13.9. The molecule has 2 N–H and O–H groups in total. The SMILES string of the molecule is CCOc1ccc(NC(=O)C(=O)NC2=NCCS2)cc1OCC. The first-order chi connectivity index (χ1) is 11.1. The first-order valence-electron chi connectivity index (χ1n) is 7.33. The molecule has 7 nitrogen and oxygen atoms in total. The Morgan fingerprint density at radius 2 is 1.83 bits per heavy atom. The highest BCUT2D eigenvalue weighted by atomic mass is 32.2. The lowest BCUT2D eigenvalue weighted by Gasteiger charge is -2.13. The van der Waals surface area contributed by atoms with E-state index in [1.165, 1.54) is 11.8 Å². The third-order valence-corrected chi connectivity index (χ3v) is 3.70. The van der Waals surface area contributed by atoms with Gasteiger partial charge in [-0.1, -0.05) is 11.8 Å². The molecule has 0 spiro atoms. The summed E-state index contributed by atoms with van der Waals surface area (Å²) in [6.07, 6.45) is 0. The molecule has 2 rings (SSSR count). The lowest BCUT2D eigenvalue weighted by Crippen LogP contribution is -2.37. The number of nitrogens with one attached hydrogen (secondary N) is 2. The van der Waals surface area contributed by atoms with Crippen LogP contribution in [0.5, 0.6) is 11.5 Å². The normalized spacial score (nSPS) is 13.2. The fraction of sp³-hybridized carbons (Fsp3) is 0.400. The number of carbonyl (C=O) groups is 2. The predicted molar refractivity (Wildman–Crippen MR) is 90.3 cm³/mol. The number of aliphatic imine (C=N–C) groups is 1. The lowest BCUT2D eigenvalue weighted by atomic mass is 10.2. The molecule has 0 atom stereocenters. The number of thioether (sulfide) groups is 1. The van der Waals surface area contributed by atoms with Crippen LogP contribution in [0.3, 0.4) is 0 Å². The number of hydrogen-bond donors (Lipinski definition) is 2. The Balaban J connectivity index is 2.01. The standard InChI is InChI=1S/C15H19N3O4S/c1-3-21-11-6-5-10(9-12(11)22-4-2)17-13(19)14(20)18-15-16-7-8-23-15/h5-6,9H,3-4,7-8H2,1-2H3,(H,17,19)(H,16,18,20). The Hall–Kier alpha value is -2.22. The topological polar surface area (TPSA) is 89.0 Å². The van der Waals surface area contributed by atoms with Crippen molar-refractivity contribution in [2.45, 2.75) is 13.8 Å². The summed E-state index contributed by atoms with van der Waals surface area (Å²) in [5, 5.41) is 5.49. The van der Waals surface area contributed by atoms with Crippen LogP contribution in [-0.2, 0) is 9.59 Å². The van der Waals surface area contributed by atoms with Gasteiger partial charge in [-0.15, -0.1) is 0 Å². The van der Waals surface area contributed by atoms with Gasteiger partial charge in [0.05, 0.1) is 19.8 Å². The predicted octanol–water partition coefficient (Wildman–Crippen LogP) is 1.64. The molecule has 2 amide bonds. The van der Waals surface area contributed by atoms with Crippen molar-refractivity contribution in [2.24, 2.45) is 4.99 Å². The molecular formula is C15H19N3O4S. The Kier molecular flexibility index (Phi) is 6.28. The van der Waals surface area contributed by atoms with E-state index < -0.39 is 11.8 Å². The number of amidine groups is 1. The third kappa shape index (κ3) is 4.88. The van der Waals surface area contributed by atoms with Crippen molar-refractivity contribution >= 4 is 34.4 Å². The van der Waals surface area contributed by atoms with Crippen LogP contribution in [-0.4, -0.2) is 42.5 Å². The summed E-state index contributed by atoms with van der Waals surface area (Å²) < 4.78 is 10.9. The highest BCUT2D eigenvalue weighted by Gasteiger charge is 2.18. The molecule has 0 radical (unpaired) electrons. The minimum absolute atomic E-state index is 0.457. The number of amides is 2. The van der Waals surface area contributed by atoms with Crippen molar-refractivity contribution < 1.29 is 19.1 Å². The molecule has 1 aliphatic heterocycles. The number of rotatable bonds is 5. The van der Waals surface area contributed by atoms with Crippen LogP contribution >= 0.6 is 11.8 Å². The van der Waals surface area contributed by atoms with Gasteiger partial charge in [-0.2, -0.15) is 0 Å². The van der Waals surface area contributed by atoms with Gasteiger partial charge in [0.1, 0.15) is 0 Å². The van der Waals surface area contributed by atoms with E-state index in [1.807, 2.05) is 13.8 Å². The molecule has 0 saturated carbocycles. The first kappa shape index (κ1) is 17.1. The van der Waals surface area contributed by atoms with E-state index in [1.54, 1.807) is 18.2 Å². The van der Waals surface area contributed by atoms with E-state index in [2.05, 4.69) is 15.6 Å². The second-order valence-corrected chi connectivity index (χ2v) is 5.55. The highest BCUT2D eigenvalue weighted by Crippen LogP contribution is 2.30. The van der Waals surface area contributed by atoms with Gasteiger partial charge in [0, 0.05) is 17.5 Å². The zero-order valence-electron chi connectivity index (χ0n) is 13.0. The van der Waals surface area contributed by atoms with E-state index >= 15 is 0 Å². The Bertz CT molecular complexity index is 619. The maximum atomic E-state index is 11.9. The van der Waals surface area contributed by atoms with Crippen LogP contribution in [0, 0.1) is 0 Å². The van der Waals surface area contributed by atoms with E-state index in [4.69, 9.17) is 9.47 Å². The van der Waals surface area contributed by atoms with Gasteiger partial charge in [0.2, 0.25) is 0 Å². The minimum Gasteiger partial charge on any atom is -0.490 e. The quantitative estimate of drug-likeness (QED) is 0.798. The van der Waals surface area contributed by atoms with E-state index in [9.17, 15) is 9.59 Å². The Morgan fingerprint density at radius 3 is 2.48 bits per heavy atom. The molecule has 124 valence electrons. The third-order valence-electron chi connectivity index (χ3n) is 2.81. The molecule has 0 fully saturated rings. The van der Waals surface area contributed by atoms with Gasteiger partial charge >= 0.3 is 11.8 Å². The first-order valence-corrected chi connectivity index (χ1v) is 8.31. The second kappa shape index (κ2) is 8.42. The Labute approximate surface area is 138 Å². The van der Waals surface area contributed by atoms with Crippen LogP contribution in [0.1, 0.15) is 13.8 Å². The van der Waals surface area contributed by atoms with E-state index in [-0.39, 0.29) is 0 Å². The van der Waals surface area contributed by atoms with E-state index in [0.717, 1.165) is 5.75 Å². The number of nitrogens with zero attached hydrogens (tertiary/aromatic N) is 1. The minimum atomic E-state index is -0.758. The Morgan fingerprint density at radius 1 is 1.13 bits per heavy atom. The fourth-order valence-electron chi connectivity index (χ4n) is 1.88. The largest absolute Gasteiger partial charge is 0.490 e. The number of carbonyl (C=O) groups excluding carboxylic acids is 2. The summed E-state index contributed by atoms with van der Waals surface area (Å²) in [6.45, 7) is 5.36. The smallest absolute Gasteiger partial charge is 0.315 e. The molecule has 1 heterocycles. The molecule has 23 heavy (non-hydrogen) atoms. The van der Waals surface area contributed by atoms with Crippen molar-refractivity contribution in [1.82, 2.24) is 5.32 Å². The summed E-state index contributed by atoms with van der Waals surface area (Å²) in [5.74, 6) is 0.419. The molecule has 0 aliphatic carbocycles. The van der Waals surface area contributed by atoms with Gasteiger partial charge < -0.3 is 14.8 Å². The van der Waals surface area contributed by atoms with Gasteiger partial charge in [0.25, 0.3) is 0 Å². The van der Waals surface area contributed by atoms with Crippen LogP contribution in [0.25, 0.3) is 0 Å². The lowest BCUT2D eigenvalue weighted by molar-refractivity contribution is -0.135. The number of anilines is 1. The van der Waals surface area contributed by atoms with Crippen molar-refractivity contribution in [2.75, 3.05) is 30.8 Å². The second-order valence-electron chi connectivity index (χ2n) is 4.47. The monoisotopic (exact) mass is 337 g/mol. The van der Waals surface area contributed by atoms with Crippen LogP contribution < -0.4 is 20.1 Å². The number of benzene rings is 1. The fourth-order valence-corrected chi connectivity index (χ4v) is 2.60. The molecule has 1 aromatic rings. The van der Waals surface area contributed by atoms with Crippen LogP contribution in [0.15, 0.2) is 23.2 Å². The van der Waals surface area contributed by atoms with Crippen LogP contribution in [0.4, 0.5) is 5.69 Å². The zero-order chi connectivity index (χ0) is 16.7. The van der Waals surface area contributed by atoms with Crippen molar-refractivity contribution in [3.8, 4) is 11.5 Å². The molecule has 0 bridgehead atoms. The maximum absolute atomic E-state index is 11.9. The summed E-state index contributed by atoms with van der Waals surface area (Å²) in [4.78, 5) is 27.8. The van der Waals surface area contributed by atoms with Gasteiger partial charge in [-0.05, 0) is 26.0 Å². The number of hydrogen-bond acceptors (Lipinski definition) is 6. The maximum Gasteiger partial charge on any atom is 0.315 e. The van der Waals surface area contributed by atoms with Crippen molar-refractivity contribution in [3.63, 3.8) is 0 Å². The average Bonchev–Trinajstić information content (AvgIpc) is 3.03. The highest BCUT2D eigenvalue weighted by molar-refractivity contribution is 8.14. The van der Waals surface area contributed by atoms with E-state index in [0.29, 0.717) is 42.1 Å². The van der Waals surface area contributed by atoms with Crippen molar-refractivity contribution in [1.29, 1.82) is 0 Å². The summed E-state index contributed by atoms with van der Waals surface area (Å²) in [6, 6.07) is 4.97. The average molecular weight is 337 g/mol. The number of ether oxygens (including phenoxy) is 2. The summed E-state index contributed by atoms with van der Waals surface area (Å²) in [7, 11) is 0. The molecule has 1 aromatic carbocycles. The molecule has 1 aliphatic rings.